The molecule has 5 heteroatoms. The predicted molar refractivity (Wildman–Crippen MR) is 55.5 cm³/mol. The van der Waals surface area contributed by atoms with Gasteiger partial charge in [0.15, 0.2) is 0 Å². The Morgan fingerprint density at radius 1 is 1.53 bits per heavy atom. The number of carbonyl (C=O) groups excluding carboxylic acids is 2. The van der Waals surface area contributed by atoms with Crippen LogP contribution in [0.5, 0.6) is 0 Å². The zero-order valence-electron chi connectivity index (χ0n) is 10.6. The average molecular weight is 218 g/mol. The van der Waals surface area contributed by atoms with Crippen LogP contribution in [0.4, 0.5) is 4.79 Å². The van der Waals surface area contributed by atoms with E-state index in [0.717, 1.165) is 0 Å². The van der Waals surface area contributed by atoms with Crippen molar-refractivity contribution in [2.75, 3.05) is 7.11 Å². The molecule has 0 saturated carbocycles. The first-order chi connectivity index (χ1) is 7.36. The molecule has 0 aromatic rings. The van der Waals surface area contributed by atoms with Crippen molar-refractivity contribution >= 4 is 12.1 Å². The Labute approximate surface area is 91.5 Å². The third-order valence-corrected chi connectivity index (χ3v) is 1.56. The first kappa shape index (κ1) is 11.8. The van der Waals surface area contributed by atoms with Crippen molar-refractivity contribution in [3.05, 3.63) is 0 Å². The van der Waals surface area contributed by atoms with E-state index < -0.39 is 23.7 Å². The molecule has 0 saturated heterocycles. The van der Waals surface area contributed by atoms with Gasteiger partial charge in [0.25, 0.3) is 0 Å². The molecule has 0 spiro atoms. The average Bonchev–Trinajstić information content (AvgIpc) is 2.24. The zero-order chi connectivity index (χ0) is 12.8. The summed E-state index contributed by atoms with van der Waals surface area (Å²) in [6, 6.07) is -0.709. The van der Waals surface area contributed by atoms with E-state index in [-0.39, 0.29) is 6.90 Å². The van der Waals surface area contributed by atoms with Crippen LogP contribution in [0, 0.1) is 0 Å². The van der Waals surface area contributed by atoms with Crippen LogP contribution >= 0.6 is 0 Å². The largest absolute Gasteiger partial charge is 0.467 e. The fourth-order valence-corrected chi connectivity index (χ4v) is 0.893. The van der Waals surface area contributed by atoms with Crippen LogP contribution in [-0.2, 0) is 14.3 Å². The highest BCUT2D eigenvalue weighted by molar-refractivity contribution is 5.81. The highest BCUT2D eigenvalue weighted by Crippen LogP contribution is 2.07. The van der Waals surface area contributed by atoms with E-state index in [2.05, 4.69) is 10.1 Å². The van der Waals surface area contributed by atoms with Gasteiger partial charge < -0.3 is 14.8 Å². The number of hydrogen-bond acceptors (Lipinski definition) is 4. The smallest absolute Gasteiger partial charge is 0.408 e. The van der Waals surface area contributed by atoms with Crippen LogP contribution in [-0.4, -0.2) is 30.8 Å². The summed E-state index contributed by atoms with van der Waals surface area (Å²) in [6.45, 7) is 4.95. The van der Waals surface area contributed by atoms with Gasteiger partial charge in [-0.2, -0.15) is 0 Å². The lowest BCUT2D eigenvalue weighted by atomic mass is 10.2. The number of ether oxygens (including phenoxy) is 2. The molecule has 0 aliphatic rings. The minimum absolute atomic E-state index is 0.0462. The molecule has 0 aliphatic carbocycles. The second-order valence-corrected chi connectivity index (χ2v) is 3.78. The minimum atomic E-state index is -0.863. The fourth-order valence-electron chi connectivity index (χ4n) is 0.893. The molecule has 0 aromatic heterocycles. The number of amides is 1. The van der Waals surface area contributed by atoms with E-state index in [9.17, 15) is 9.59 Å². The van der Waals surface area contributed by atoms with Gasteiger partial charge in [0.1, 0.15) is 11.6 Å². The SMILES string of the molecule is [2H]CC(C)(C)OC(=O)NC(CC)C(=O)OC. The van der Waals surface area contributed by atoms with Crippen LogP contribution in [0.15, 0.2) is 0 Å². The Bertz CT molecular complexity index is 255. The van der Waals surface area contributed by atoms with Crippen molar-refractivity contribution in [3.63, 3.8) is 0 Å². The zero-order valence-corrected chi connectivity index (χ0v) is 9.62. The van der Waals surface area contributed by atoms with Gasteiger partial charge in [-0.15, -0.1) is 0 Å². The van der Waals surface area contributed by atoms with Gasteiger partial charge in [-0.05, 0) is 27.2 Å². The highest BCUT2D eigenvalue weighted by atomic mass is 16.6. The van der Waals surface area contributed by atoms with Crippen molar-refractivity contribution in [1.82, 2.24) is 5.32 Å². The van der Waals surface area contributed by atoms with Gasteiger partial charge in [-0.1, -0.05) is 6.92 Å². The van der Waals surface area contributed by atoms with E-state index in [1.165, 1.54) is 7.11 Å². The van der Waals surface area contributed by atoms with Crippen LogP contribution < -0.4 is 5.32 Å². The number of methoxy groups -OCH3 is 1. The first-order valence-corrected chi connectivity index (χ1v) is 4.73. The van der Waals surface area contributed by atoms with Gasteiger partial charge in [0, 0.05) is 1.37 Å². The molecular formula is C10H19NO4. The molecule has 0 rings (SSSR count). The van der Waals surface area contributed by atoms with Crippen molar-refractivity contribution in [2.45, 2.75) is 45.7 Å². The molecule has 1 atom stereocenters. The van der Waals surface area contributed by atoms with Crippen LogP contribution in [0.2, 0.25) is 0 Å². The Kier molecular flexibility index (Phi) is 4.39. The third kappa shape index (κ3) is 5.93. The number of rotatable bonds is 3. The van der Waals surface area contributed by atoms with E-state index in [0.29, 0.717) is 6.42 Å². The molecule has 0 fully saturated rings. The maximum Gasteiger partial charge on any atom is 0.408 e. The molecule has 0 aromatic carbocycles. The van der Waals surface area contributed by atoms with E-state index in [4.69, 9.17) is 6.11 Å². The van der Waals surface area contributed by atoms with Crippen LogP contribution in [0.1, 0.15) is 35.5 Å². The number of nitrogens with one attached hydrogen (secondary N) is 1. The quantitative estimate of drug-likeness (QED) is 0.728. The number of alkyl carbamates (subject to hydrolysis) is 1. The molecule has 1 amide bonds. The van der Waals surface area contributed by atoms with Gasteiger partial charge >= 0.3 is 12.1 Å². The minimum Gasteiger partial charge on any atom is -0.467 e. The summed E-state index contributed by atoms with van der Waals surface area (Å²) in [5, 5.41) is 2.39. The molecule has 5 nitrogen and oxygen atoms in total. The molecule has 0 bridgehead atoms. The van der Waals surface area contributed by atoms with E-state index in [1.54, 1.807) is 20.8 Å². The summed E-state index contributed by atoms with van der Waals surface area (Å²) in [4.78, 5) is 22.6. The van der Waals surface area contributed by atoms with Crippen molar-refractivity contribution in [1.29, 1.82) is 0 Å². The second-order valence-electron chi connectivity index (χ2n) is 3.78. The maximum absolute atomic E-state index is 11.4. The lowest BCUT2D eigenvalue weighted by Gasteiger charge is -2.21. The Morgan fingerprint density at radius 3 is 2.53 bits per heavy atom. The van der Waals surface area contributed by atoms with Crippen molar-refractivity contribution in [3.8, 4) is 0 Å². The van der Waals surface area contributed by atoms with E-state index >= 15 is 0 Å². The van der Waals surface area contributed by atoms with Crippen molar-refractivity contribution < 1.29 is 20.4 Å². The summed E-state index contributed by atoms with van der Waals surface area (Å²) < 4.78 is 16.6. The third-order valence-electron chi connectivity index (χ3n) is 1.56. The van der Waals surface area contributed by atoms with Crippen molar-refractivity contribution in [2.24, 2.45) is 0 Å². The Morgan fingerprint density at radius 2 is 2.13 bits per heavy atom. The number of esters is 1. The Balaban J connectivity index is 4.27. The molecular weight excluding hydrogens is 198 g/mol. The van der Waals surface area contributed by atoms with Crippen LogP contribution in [0.3, 0.4) is 0 Å². The molecule has 0 aliphatic heterocycles. The summed E-state index contributed by atoms with van der Waals surface area (Å²) >= 11 is 0. The standard InChI is InChI=1S/C10H19NO4/c1-6-7(8(12)14-5)11-9(13)15-10(2,3)4/h7H,6H2,1-5H3,(H,11,13)/i2D. The van der Waals surface area contributed by atoms with Gasteiger partial charge in [-0.25, -0.2) is 9.59 Å². The van der Waals surface area contributed by atoms with Gasteiger partial charge in [-0.3, -0.25) is 0 Å². The summed E-state index contributed by atoms with van der Waals surface area (Å²) in [5.41, 5.74) is -0.863. The lowest BCUT2D eigenvalue weighted by molar-refractivity contribution is -0.143. The number of carbonyl (C=O) groups is 2. The highest BCUT2D eigenvalue weighted by Gasteiger charge is 2.23. The van der Waals surface area contributed by atoms with Gasteiger partial charge in [0.2, 0.25) is 0 Å². The summed E-state index contributed by atoms with van der Waals surface area (Å²) in [6.07, 6.45) is -0.294. The van der Waals surface area contributed by atoms with Crippen LogP contribution in [0.25, 0.3) is 0 Å². The molecule has 88 valence electrons. The molecule has 1 unspecified atom stereocenters. The predicted octanol–water partition coefficient (Wildman–Crippen LogP) is 1.46. The molecule has 1 N–H and O–H groups in total. The molecule has 15 heavy (non-hydrogen) atoms. The topological polar surface area (TPSA) is 64.6 Å². The molecule has 0 heterocycles. The monoisotopic (exact) mass is 218 g/mol. The fraction of sp³-hybridized carbons (Fsp3) is 0.800. The summed E-state index contributed by atoms with van der Waals surface area (Å²) in [5.74, 6) is -0.511. The maximum atomic E-state index is 11.4. The summed E-state index contributed by atoms with van der Waals surface area (Å²) in [7, 11) is 1.26. The Hall–Kier alpha value is -1.26. The first-order valence-electron chi connectivity index (χ1n) is 5.43. The lowest BCUT2D eigenvalue weighted by Crippen LogP contribution is -2.43. The van der Waals surface area contributed by atoms with E-state index in [1.807, 2.05) is 0 Å². The number of hydrogen-bond donors (Lipinski definition) is 1. The van der Waals surface area contributed by atoms with Gasteiger partial charge in [0.05, 0.1) is 7.11 Å². The second kappa shape index (κ2) is 5.58. The molecule has 0 radical (unpaired) electrons. The normalized spacial score (nSPS) is 13.7.